The highest BCUT2D eigenvalue weighted by Crippen LogP contribution is 2.13. The van der Waals surface area contributed by atoms with Crippen molar-refractivity contribution in [3.05, 3.63) is 85.1 Å². The molecule has 0 amide bonds. The predicted octanol–water partition coefficient (Wildman–Crippen LogP) is 12.9. The molecule has 0 aliphatic rings. The van der Waals surface area contributed by atoms with Gasteiger partial charge >= 0.3 is 17.9 Å². The van der Waals surface area contributed by atoms with Crippen LogP contribution in [-0.2, 0) is 28.6 Å². The molecule has 0 aromatic rings. The summed E-state index contributed by atoms with van der Waals surface area (Å²) in [6.45, 7) is 4.53. The van der Waals surface area contributed by atoms with Gasteiger partial charge in [-0.05, 0) is 89.9 Å². The van der Waals surface area contributed by atoms with E-state index in [1.165, 1.54) is 44.9 Å². The number of quaternary nitrogens is 1. The normalized spacial score (nSPS) is 13.7. The molecule has 1 N–H and O–H groups in total. The molecule has 0 saturated heterocycles. The van der Waals surface area contributed by atoms with Crippen LogP contribution < -0.4 is 0 Å². The van der Waals surface area contributed by atoms with Crippen molar-refractivity contribution in [3.8, 4) is 0 Å². The third-order valence-electron chi connectivity index (χ3n) is 9.78. The van der Waals surface area contributed by atoms with Gasteiger partial charge in [0.15, 0.2) is 12.1 Å². The fourth-order valence-corrected chi connectivity index (χ4v) is 6.21. The number of unbranched alkanes of at least 4 members (excludes halogenated alkanes) is 12. The second kappa shape index (κ2) is 41.3. The Labute approximate surface area is 361 Å². The number of esters is 2. The zero-order valence-corrected chi connectivity index (χ0v) is 38.2. The van der Waals surface area contributed by atoms with E-state index in [-0.39, 0.29) is 36.2 Å². The average molecular weight is 825 g/mol. The molecule has 0 saturated carbocycles. The zero-order valence-electron chi connectivity index (χ0n) is 38.2. The monoisotopic (exact) mass is 825 g/mol. The summed E-state index contributed by atoms with van der Waals surface area (Å²) in [5, 5.41) is 9.63. The molecule has 8 nitrogen and oxygen atoms in total. The molecule has 0 bridgehead atoms. The minimum absolute atomic E-state index is 0.0391. The number of carboxylic acids is 1. The van der Waals surface area contributed by atoms with Crippen LogP contribution in [0.25, 0.3) is 0 Å². The van der Waals surface area contributed by atoms with E-state index >= 15 is 0 Å². The third kappa shape index (κ3) is 39.7. The van der Waals surface area contributed by atoms with Gasteiger partial charge in [0.05, 0.1) is 34.4 Å². The van der Waals surface area contributed by atoms with E-state index < -0.39 is 18.1 Å². The van der Waals surface area contributed by atoms with Crippen LogP contribution in [0.2, 0.25) is 0 Å². The smallest absolute Gasteiger partial charge is 0.362 e. The maximum atomic E-state index is 12.7. The highest BCUT2D eigenvalue weighted by Gasteiger charge is 2.31. The van der Waals surface area contributed by atoms with Crippen LogP contribution in [-0.4, -0.2) is 80.6 Å². The Kier molecular flexibility index (Phi) is 38.8. The summed E-state index contributed by atoms with van der Waals surface area (Å²) >= 11 is 0. The Morgan fingerprint density at radius 2 is 0.949 bits per heavy atom. The molecule has 0 aromatic heterocycles. The second-order valence-electron chi connectivity index (χ2n) is 16.3. The Hall–Kier alpha value is -3.49. The summed E-state index contributed by atoms with van der Waals surface area (Å²) in [5.41, 5.74) is 0. The van der Waals surface area contributed by atoms with Gasteiger partial charge in [-0.2, -0.15) is 0 Å². The Balaban J connectivity index is 4.41. The largest absolute Gasteiger partial charge is 0.477 e. The van der Waals surface area contributed by atoms with Gasteiger partial charge in [0, 0.05) is 19.3 Å². The Morgan fingerprint density at radius 3 is 1.44 bits per heavy atom. The van der Waals surface area contributed by atoms with Crippen molar-refractivity contribution in [2.75, 3.05) is 41.0 Å². The van der Waals surface area contributed by atoms with Crippen LogP contribution in [0, 0.1) is 0 Å². The molecule has 336 valence electrons. The van der Waals surface area contributed by atoms with Gasteiger partial charge in [-0.3, -0.25) is 9.59 Å². The number of aliphatic carboxylic acids is 1. The number of carbonyl (C=O) groups is 3. The number of nitrogens with zero attached hydrogens (tertiary/aromatic N) is 1. The Morgan fingerprint density at radius 1 is 0.525 bits per heavy atom. The fraction of sp³-hybridized carbons (Fsp3) is 0.667. The van der Waals surface area contributed by atoms with Crippen LogP contribution in [0.1, 0.15) is 168 Å². The highest BCUT2D eigenvalue weighted by atomic mass is 16.6. The molecule has 2 atom stereocenters. The maximum absolute atomic E-state index is 12.7. The van der Waals surface area contributed by atoms with E-state index in [9.17, 15) is 19.5 Å². The number of likely N-dealkylation sites (N-methyl/N-ethyl adjacent to an activating group) is 1. The van der Waals surface area contributed by atoms with E-state index in [1.807, 2.05) is 21.1 Å². The van der Waals surface area contributed by atoms with Gasteiger partial charge in [-0.25, -0.2) is 4.79 Å². The maximum Gasteiger partial charge on any atom is 0.362 e. The number of carbonyl (C=O) groups excluding carboxylic acids is 2. The third-order valence-corrected chi connectivity index (χ3v) is 9.78. The first kappa shape index (κ1) is 55.5. The number of carboxylic acid groups (broad SMARTS) is 1. The first-order valence-corrected chi connectivity index (χ1v) is 23.1. The van der Waals surface area contributed by atoms with Crippen molar-refractivity contribution in [2.45, 2.75) is 180 Å². The molecule has 0 aliphatic heterocycles. The molecule has 2 unspecified atom stereocenters. The van der Waals surface area contributed by atoms with Crippen LogP contribution in [0.4, 0.5) is 0 Å². The SMILES string of the molecule is CC/C=C/C/C=C/CCCCCCCCCC(=O)OC(COCCC(C(=O)O)[N+](C)(C)C)COC(=O)CCCC/C=C/C/C=C/C/C=C/C/C=C/C/C=C/CCCCC. The number of hydrogen-bond acceptors (Lipinski definition) is 6. The predicted molar refractivity (Wildman–Crippen MR) is 247 cm³/mol. The summed E-state index contributed by atoms with van der Waals surface area (Å²) in [6.07, 6.45) is 53.4. The van der Waals surface area contributed by atoms with Crippen molar-refractivity contribution < 1.29 is 38.2 Å². The molecule has 0 radical (unpaired) electrons. The summed E-state index contributed by atoms with van der Waals surface area (Å²) in [4.78, 5) is 37.0. The lowest BCUT2D eigenvalue weighted by Crippen LogP contribution is -2.50. The van der Waals surface area contributed by atoms with Crippen LogP contribution in [0.3, 0.4) is 0 Å². The number of hydrogen-bond donors (Lipinski definition) is 1. The molecule has 0 heterocycles. The zero-order chi connectivity index (χ0) is 43.5. The Bertz CT molecular complexity index is 1240. The molecule has 59 heavy (non-hydrogen) atoms. The van der Waals surface area contributed by atoms with Gasteiger partial charge in [0.2, 0.25) is 0 Å². The van der Waals surface area contributed by atoms with E-state index in [4.69, 9.17) is 14.2 Å². The van der Waals surface area contributed by atoms with Crippen LogP contribution >= 0.6 is 0 Å². The minimum atomic E-state index is -0.886. The lowest BCUT2D eigenvalue weighted by atomic mass is 10.1. The van der Waals surface area contributed by atoms with Gasteiger partial charge in [0.25, 0.3) is 0 Å². The first-order chi connectivity index (χ1) is 28.6. The molecule has 8 heteroatoms. The summed E-state index contributed by atoms with van der Waals surface area (Å²) < 4.78 is 17.2. The van der Waals surface area contributed by atoms with E-state index in [1.54, 1.807) is 0 Å². The van der Waals surface area contributed by atoms with E-state index in [0.29, 0.717) is 25.7 Å². The van der Waals surface area contributed by atoms with Gasteiger partial charge < -0.3 is 23.8 Å². The molecular formula is C51H86NO7+. The second-order valence-corrected chi connectivity index (χ2v) is 16.3. The van der Waals surface area contributed by atoms with Crippen molar-refractivity contribution in [2.24, 2.45) is 0 Å². The van der Waals surface area contributed by atoms with E-state index in [0.717, 1.165) is 83.5 Å². The molecular weight excluding hydrogens is 739 g/mol. The summed E-state index contributed by atoms with van der Waals surface area (Å²) in [7, 11) is 5.50. The lowest BCUT2D eigenvalue weighted by molar-refractivity contribution is -0.887. The standard InChI is InChI=1S/C51H85NO7/c1-6-8-10-12-14-16-18-20-22-23-24-25-26-27-28-30-31-33-35-37-39-41-49(53)58-46-47(45-57-44-43-48(51(55)56)52(3,4)5)59-50(54)42-40-38-36-34-32-29-21-19-17-15-13-11-9-7-2/h9,11,14-17,20,22,24-25,27-28,31,33,47-48H,6-8,10,12-13,18-19,21,23,26,29-30,32,34-46H2,1-5H3/p+1/b11-9+,16-14+,17-15+,22-20+,25-24+,28-27+,33-31+. The summed E-state index contributed by atoms with van der Waals surface area (Å²) in [6, 6.07) is -0.627. The fourth-order valence-electron chi connectivity index (χ4n) is 6.21. The number of ether oxygens (including phenoxy) is 3. The topological polar surface area (TPSA) is 99.1 Å². The minimum Gasteiger partial charge on any atom is -0.477 e. The van der Waals surface area contributed by atoms with Gasteiger partial charge in [-0.15, -0.1) is 0 Å². The van der Waals surface area contributed by atoms with Gasteiger partial charge in [-0.1, -0.05) is 144 Å². The average Bonchev–Trinajstić information content (AvgIpc) is 3.19. The van der Waals surface area contributed by atoms with Gasteiger partial charge in [0.1, 0.15) is 6.61 Å². The highest BCUT2D eigenvalue weighted by molar-refractivity contribution is 5.72. The van der Waals surface area contributed by atoms with Crippen LogP contribution in [0.15, 0.2) is 85.1 Å². The van der Waals surface area contributed by atoms with Crippen molar-refractivity contribution >= 4 is 17.9 Å². The molecule has 0 fully saturated rings. The molecule has 0 aromatic carbocycles. The summed E-state index contributed by atoms with van der Waals surface area (Å²) in [5.74, 6) is -1.54. The van der Waals surface area contributed by atoms with Crippen molar-refractivity contribution in [1.82, 2.24) is 0 Å². The molecule has 0 rings (SSSR count). The number of rotatable bonds is 40. The van der Waals surface area contributed by atoms with Crippen molar-refractivity contribution in [3.63, 3.8) is 0 Å². The van der Waals surface area contributed by atoms with Crippen molar-refractivity contribution in [1.29, 1.82) is 0 Å². The molecule has 0 spiro atoms. The first-order valence-electron chi connectivity index (χ1n) is 23.1. The molecule has 0 aliphatic carbocycles. The quantitative estimate of drug-likeness (QED) is 0.0284. The van der Waals surface area contributed by atoms with Crippen LogP contribution in [0.5, 0.6) is 0 Å². The number of allylic oxidation sites excluding steroid dienone is 14. The lowest BCUT2D eigenvalue weighted by Gasteiger charge is -2.31. The van der Waals surface area contributed by atoms with E-state index in [2.05, 4.69) is 98.9 Å².